The maximum Gasteiger partial charge on any atom is 0.159 e. The zero-order valence-corrected chi connectivity index (χ0v) is 14.3. The largest absolute Gasteiger partial charge is 0.207 e. The fourth-order valence-electron chi connectivity index (χ4n) is 1.82. The van der Waals surface area contributed by atoms with E-state index in [4.69, 9.17) is 0 Å². The van der Waals surface area contributed by atoms with Gasteiger partial charge in [-0.25, -0.2) is 17.6 Å². The van der Waals surface area contributed by atoms with Crippen LogP contribution in [0.15, 0.2) is 36.4 Å². The predicted octanol–water partition coefficient (Wildman–Crippen LogP) is 6.64. The molecule has 2 aromatic carbocycles. The molecule has 0 aliphatic carbocycles. The minimum atomic E-state index is -0.780. The molecule has 128 valence electrons. The van der Waals surface area contributed by atoms with E-state index in [-0.39, 0.29) is 11.5 Å². The predicted molar refractivity (Wildman–Crippen MR) is 87.5 cm³/mol. The Morgan fingerprint density at radius 2 is 1.30 bits per heavy atom. The van der Waals surface area contributed by atoms with E-state index in [1.807, 2.05) is 20.8 Å². The summed E-state index contributed by atoms with van der Waals surface area (Å²) < 4.78 is 50.4. The molecule has 0 aliphatic heterocycles. The second kappa shape index (κ2) is 10.8. The highest BCUT2D eigenvalue weighted by Gasteiger charge is 2.10. The van der Waals surface area contributed by atoms with E-state index in [2.05, 4.69) is 0 Å². The Morgan fingerprint density at radius 1 is 0.783 bits per heavy atom. The van der Waals surface area contributed by atoms with Gasteiger partial charge in [-0.3, -0.25) is 0 Å². The van der Waals surface area contributed by atoms with Gasteiger partial charge in [-0.05, 0) is 42.2 Å². The molecule has 0 N–H and O–H groups in total. The molecule has 0 nitrogen and oxygen atoms in total. The van der Waals surface area contributed by atoms with Crippen molar-refractivity contribution >= 4 is 0 Å². The van der Waals surface area contributed by atoms with Crippen molar-refractivity contribution in [2.45, 2.75) is 47.0 Å². The van der Waals surface area contributed by atoms with Crippen molar-refractivity contribution in [1.29, 1.82) is 0 Å². The number of rotatable bonds is 2. The van der Waals surface area contributed by atoms with E-state index < -0.39 is 23.3 Å². The van der Waals surface area contributed by atoms with Gasteiger partial charge in [-0.1, -0.05) is 46.8 Å². The lowest BCUT2D eigenvalue weighted by molar-refractivity contribution is 0.507. The molecule has 0 spiro atoms. The van der Waals surface area contributed by atoms with Crippen LogP contribution in [0, 0.1) is 23.3 Å². The van der Waals surface area contributed by atoms with Crippen molar-refractivity contribution in [3.05, 3.63) is 70.8 Å². The highest BCUT2D eigenvalue weighted by molar-refractivity contribution is 5.22. The molecule has 0 saturated carbocycles. The topological polar surface area (TPSA) is 0 Å². The van der Waals surface area contributed by atoms with E-state index in [1.165, 1.54) is 24.3 Å². The molecule has 2 aromatic rings. The smallest absolute Gasteiger partial charge is 0.159 e. The molecule has 0 radical (unpaired) electrons. The van der Waals surface area contributed by atoms with Crippen LogP contribution < -0.4 is 0 Å². The minimum absolute atomic E-state index is 0.101. The quantitative estimate of drug-likeness (QED) is 0.542. The Hall–Kier alpha value is -1.84. The third-order valence-corrected chi connectivity index (χ3v) is 2.97. The summed E-state index contributed by atoms with van der Waals surface area (Å²) in [7, 11) is 0. The molecule has 0 unspecified atom stereocenters. The normalized spacial score (nSPS) is 9.65. The Kier molecular flexibility index (Phi) is 9.95. The average molecular weight is 328 g/mol. The number of hydrogen-bond donors (Lipinski definition) is 0. The van der Waals surface area contributed by atoms with Crippen molar-refractivity contribution in [3.63, 3.8) is 0 Å². The van der Waals surface area contributed by atoms with Crippen molar-refractivity contribution in [2.75, 3.05) is 0 Å². The van der Waals surface area contributed by atoms with Gasteiger partial charge in [0.2, 0.25) is 0 Å². The molecule has 23 heavy (non-hydrogen) atoms. The van der Waals surface area contributed by atoms with Crippen LogP contribution in [-0.4, -0.2) is 0 Å². The van der Waals surface area contributed by atoms with E-state index >= 15 is 0 Å². The Balaban J connectivity index is 0.000000381. The fourth-order valence-corrected chi connectivity index (χ4v) is 1.82. The molecule has 0 saturated heterocycles. The molecule has 0 bridgehead atoms. The lowest BCUT2D eigenvalue weighted by Gasteiger charge is -2.06. The third-order valence-electron chi connectivity index (χ3n) is 2.97. The van der Waals surface area contributed by atoms with Gasteiger partial charge >= 0.3 is 0 Å². The molecule has 0 fully saturated rings. The molecule has 2 rings (SSSR count). The Labute approximate surface area is 136 Å². The highest BCUT2D eigenvalue weighted by atomic mass is 19.2. The summed E-state index contributed by atoms with van der Waals surface area (Å²) in [5.74, 6) is -2.56. The highest BCUT2D eigenvalue weighted by Crippen LogP contribution is 2.20. The first-order valence-corrected chi connectivity index (χ1v) is 7.74. The van der Waals surface area contributed by atoms with Crippen LogP contribution in [-0.2, 0) is 6.42 Å². The first-order valence-electron chi connectivity index (χ1n) is 7.74. The second-order valence-electron chi connectivity index (χ2n) is 4.89. The summed E-state index contributed by atoms with van der Waals surface area (Å²) in [6, 6.07) is 7.87. The molecular formula is C19H24F4. The zero-order chi connectivity index (χ0) is 18.0. The molecule has 0 amide bonds. The molecule has 0 heterocycles. The summed E-state index contributed by atoms with van der Waals surface area (Å²) >= 11 is 0. The van der Waals surface area contributed by atoms with Crippen molar-refractivity contribution in [2.24, 2.45) is 0 Å². The van der Waals surface area contributed by atoms with Crippen LogP contribution in [0.3, 0.4) is 0 Å². The van der Waals surface area contributed by atoms with Crippen LogP contribution in [0.1, 0.15) is 51.7 Å². The van der Waals surface area contributed by atoms with Gasteiger partial charge in [0.05, 0.1) is 0 Å². The minimum Gasteiger partial charge on any atom is -0.207 e. The SMILES string of the molecule is CC.CC(C)c1c(F)cccc1F.CCc1ccc(F)c(F)c1. The van der Waals surface area contributed by atoms with Crippen LogP contribution in [0.5, 0.6) is 0 Å². The van der Waals surface area contributed by atoms with Crippen molar-refractivity contribution < 1.29 is 17.6 Å². The van der Waals surface area contributed by atoms with Crippen LogP contribution >= 0.6 is 0 Å². The van der Waals surface area contributed by atoms with E-state index in [0.717, 1.165) is 18.1 Å². The van der Waals surface area contributed by atoms with Crippen LogP contribution in [0.25, 0.3) is 0 Å². The molecule has 0 atom stereocenters. The molecular weight excluding hydrogens is 304 g/mol. The van der Waals surface area contributed by atoms with Crippen molar-refractivity contribution in [3.8, 4) is 0 Å². The number of benzene rings is 2. The molecule has 0 aromatic heterocycles. The van der Waals surface area contributed by atoms with E-state index in [9.17, 15) is 17.6 Å². The maximum absolute atomic E-state index is 12.9. The van der Waals surface area contributed by atoms with E-state index in [0.29, 0.717) is 0 Å². The lowest BCUT2D eigenvalue weighted by Crippen LogP contribution is -1.96. The number of aryl methyl sites for hydroxylation is 1. The summed E-state index contributed by atoms with van der Waals surface area (Å²) in [6.07, 6.45) is 0.733. The standard InChI is InChI=1S/C9H10F2.C8H8F2.C2H6/c1-6(2)9-7(10)4-3-5-8(9)11;1-2-6-3-4-7(9)8(10)5-6;1-2/h3-6H,1-2H3;3-5H,2H2,1H3;1-2H3. The monoisotopic (exact) mass is 328 g/mol. The third kappa shape index (κ3) is 6.85. The van der Waals surface area contributed by atoms with Gasteiger partial charge in [0.15, 0.2) is 11.6 Å². The summed E-state index contributed by atoms with van der Waals surface area (Å²) in [6.45, 7) is 9.43. The summed E-state index contributed by atoms with van der Waals surface area (Å²) in [5.41, 5.74) is 0.992. The van der Waals surface area contributed by atoms with Gasteiger partial charge < -0.3 is 0 Å². The molecule has 0 aliphatic rings. The Morgan fingerprint density at radius 3 is 1.65 bits per heavy atom. The van der Waals surface area contributed by atoms with Gasteiger partial charge in [-0.15, -0.1) is 0 Å². The van der Waals surface area contributed by atoms with E-state index in [1.54, 1.807) is 19.9 Å². The summed E-state index contributed by atoms with van der Waals surface area (Å²) in [4.78, 5) is 0. The van der Waals surface area contributed by atoms with Gasteiger partial charge in [0.1, 0.15) is 11.6 Å². The summed E-state index contributed by atoms with van der Waals surface area (Å²) in [5, 5.41) is 0. The van der Waals surface area contributed by atoms with Gasteiger partial charge in [-0.2, -0.15) is 0 Å². The fraction of sp³-hybridized carbons (Fsp3) is 0.368. The van der Waals surface area contributed by atoms with Crippen LogP contribution in [0.4, 0.5) is 17.6 Å². The maximum atomic E-state index is 12.9. The van der Waals surface area contributed by atoms with Crippen LogP contribution in [0.2, 0.25) is 0 Å². The first-order chi connectivity index (χ1) is 10.9. The average Bonchev–Trinajstić information content (AvgIpc) is 2.52. The second-order valence-corrected chi connectivity index (χ2v) is 4.89. The number of hydrogen-bond acceptors (Lipinski definition) is 0. The van der Waals surface area contributed by atoms with Gasteiger partial charge in [0, 0.05) is 5.56 Å². The first kappa shape index (κ1) is 21.2. The van der Waals surface area contributed by atoms with Gasteiger partial charge in [0.25, 0.3) is 0 Å². The lowest BCUT2D eigenvalue weighted by atomic mass is 10.0. The Bertz CT molecular complexity index is 572. The zero-order valence-electron chi connectivity index (χ0n) is 14.3. The number of halogens is 4. The molecule has 4 heteroatoms. The van der Waals surface area contributed by atoms with Crippen molar-refractivity contribution in [1.82, 2.24) is 0 Å².